The predicted molar refractivity (Wildman–Crippen MR) is 110 cm³/mol. The van der Waals surface area contributed by atoms with Crippen molar-refractivity contribution in [3.8, 4) is 0 Å². The topological polar surface area (TPSA) is 27.3 Å². The van der Waals surface area contributed by atoms with E-state index in [1.807, 2.05) is 0 Å². The lowest BCUT2D eigenvalue weighted by atomic mass is 9.98. The number of anilines is 2. The third-order valence-electron chi connectivity index (χ3n) is 4.91. The summed E-state index contributed by atoms with van der Waals surface area (Å²) in [4.78, 5) is 2.45. The Bertz CT molecular complexity index is 772. The van der Waals surface area contributed by atoms with Gasteiger partial charge >= 0.3 is 0 Å². The van der Waals surface area contributed by atoms with Crippen LogP contribution >= 0.6 is 0 Å². The van der Waals surface area contributed by atoms with Crippen molar-refractivity contribution in [3.63, 3.8) is 0 Å². The van der Waals surface area contributed by atoms with E-state index in [0.717, 1.165) is 31.9 Å². The third kappa shape index (κ3) is 3.89. The Labute approximate surface area is 155 Å². The van der Waals surface area contributed by atoms with E-state index in [-0.39, 0.29) is 6.04 Å². The number of benzene rings is 3. The summed E-state index contributed by atoms with van der Waals surface area (Å²) in [6.07, 6.45) is 0. The fourth-order valence-electron chi connectivity index (χ4n) is 3.53. The van der Waals surface area contributed by atoms with Gasteiger partial charge in [0, 0.05) is 37.6 Å². The summed E-state index contributed by atoms with van der Waals surface area (Å²) in [6.45, 7) is 4.22. The minimum absolute atomic E-state index is 0.135. The molecule has 3 aromatic carbocycles. The molecule has 1 saturated heterocycles. The average molecular weight is 343 g/mol. The van der Waals surface area contributed by atoms with Gasteiger partial charge in [-0.3, -0.25) is 0 Å². The fourth-order valence-corrected chi connectivity index (χ4v) is 3.53. The van der Waals surface area contributed by atoms with Crippen molar-refractivity contribution in [1.82, 2.24) is 5.32 Å². The largest absolute Gasteiger partial charge is 0.374 e. The number of nitrogens with one attached hydrogen (secondary N) is 2. The zero-order valence-electron chi connectivity index (χ0n) is 14.9. The van der Waals surface area contributed by atoms with Crippen molar-refractivity contribution in [2.75, 3.05) is 36.4 Å². The minimum Gasteiger partial charge on any atom is -0.374 e. The van der Waals surface area contributed by atoms with Gasteiger partial charge in [0.05, 0.1) is 6.04 Å². The molecule has 1 aliphatic rings. The fraction of sp³-hybridized carbons (Fsp3) is 0.217. The van der Waals surface area contributed by atoms with Gasteiger partial charge in [-0.2, -0.15) is 0 Å². The van der Waals surface area contributed by atoms with Crippen LogP contribution in [0.1, 0.15) is 17.2 Å². The molecule has 0 radical (unpaired) electrons. The van der Waals surface area contributed by atoms with Crippen LogP contribution in [0.2, 0.25) is 0 Å². The molecule has 4 rings (SSSR count). The van der Waals surface area contributed by atoms with Crippen molar-refractivity contribution in [2.24, 2.45) is 0 Å². The van der Waals surface area contributed by atoms with E-state index in [1.165, 1.54) is 16.8 Å². The molecule has 2 N–H and O–H groups in total. The summed E-state index contributed by atoms with van der Waals surface area (Å²) >= 11 is 0. The molecule has 0 atom stereocenters. The van der Waals surface area contributed by atoms with Gasteiger partial charge in [-0.1, -0.05) is 66.7 Å². The summed E-state index contributed by atoms with van der Waals surface area (Å²) in [7, 11) is 0. The molecule has 0 saturated carbocycles. The van der Waals surface area contributed by atoms with Gasteiger partial charge in [-0.25, -0.2) is 0 Å². The van der Waals surface area contributed by atoms with E-state index in [4.69, 9.17) is 0 Å². The average Bonchev–Trinajstić information content (AvgIpc) is 2.74. The first kappa shape index (κ1) is 16.7. The van der Waals surface area contributed by atoms with Crippen molar-refractivity contribution in [1.29, 1.82) is 0 Å². The van der Waals surface area contributed by atoms with E-state index >= 15 is 0 Å². The molecule has 1 fully saturated rings. The second-order valence-corrected chi connectivity index (χ2v) is 6.69. The number of hydrogen-bond donors (Lipinski definition) is 2. The quantitative estimate of drug-likeness (QED) is 0.723. The number of rotatable bonds is 5. The highest BCUT2D eigenvalue weighted by Gasteiger charge is 2.15. The summed E-state index contributed by atoms with van der Waals surface area (Å²) in [5.74, 6) is 0. The SMILES string of the molecule is c1ccc(C(Nc2cccc(N3CCNCC3)c2)c2ccccc2)cc1. The minimum atomic E-state index is 0.135. The molecule has 26 heavy (non-hydrogen) atoms. The molecular formula is C23H25N3. The maximum absolute atomic E-state index is 3.75. The number of hydrogen-bond acceptors (Lipinski definition) is 3. The second kappa shape index (κ2) is 8.07. The van der Waals surface area contributed by atoms with Crippen LogP contribution in [-0.4, -0.2) is 26.2 Å². The maximum Gasteiger partial charge on any atom is 0.0767 e. The van der Waals surface area contributed by atoms with Crippen LogP contribution in [0.4, 0.5) is 11.4 Å². The first-order valence-electron chi connectivity index (χ1n) is 9.32. The lowest BCUT2D eigenvalue weighted by molar-refractivity contribution is 0.589. The van der Waals surface area contributed by atoms with Crippen molar-refractivity contribution in [2.45, 2.75) is 6.04 Å². The molecule has 0 bridgehead atoms. The van der Waals surface area contributed by atoms with Gasteiger partial charge in [0.2, 0.25) is 0 Å². The predicted octanol–water partition coefficient (Wildman–Crippen LogP) is 4.30. The van der Waals surface area contributed by atoms with Crippen LogP contribution in [0.15, 0.2) is 84.9 Å². The second-order valence-electron chi connectivity index (χ2n) is 6.69. The van der Waals surface area contributed by atoms with Gasteiger partial charge in [0.1, 0.15) is 0 Å². The Morgan fingerprint density at radius 3 is 1.96 bits per heavy atom. The highest BCUT2D eigenvalue weighted by molar-refractivity contribution is 5.60. The first-order chi connectivity index (χ1) is 12.9. The first-order valence-corrected chi connectivity index (χ1v) is 9.32. The molecule has 3 aromatic rings. The van der Waals surface area contributed by atoms with E-state index in [0.29, 0.717) is 0 Å². The lowest BCUT2D eigenvalue weighted by Crippen LogP contribution is -2.43. The molecule has 1 aliphatic heterocycles. The zero-order valence-corrected chi connectivity index (χ0v) is 14.9. The summed E-state index contributed by atoms with van der Waals surface area (Å²) < 4.78 is 0. The number of nitrogens with zero attached hydrogens (tertiary/aromatic N) is 1. The van der Waals surface area contributed by atoms with Gasteiger partial charge in [0.25, 0.3) is 0 Å². The lowest BCUT2D eigenvalue weighted by Gasteiger charge is -2.30. The molecule has 0 spiro atoms. The molecule has 0 unspecified atom stereocenters. The number of piperazine rings is 1. The van der Waals surface area contributed by atoms with Crippen molar-refractivity contribution < 1.29 is 0 Å². The monoisotopic (exact) mass is 343 g/mol. The molecule has 0 amide bonds. The molecule has 0 aromatic heterocycles. The third-order valence-corrected chi connectivity index (χ3v) is 4.91. The van der Waals surface area contributed by atoms with Gasteiger partial charge in [0.15, 0.2) is 0 Å². The standard InChI is InChI=1S/C23H25N3/c1-3-8-19(9-4-1)23(20-10-5-2-6-11-20)25-21-12-7-13-22(18-21)26-16-14-24-15-17-26/h1-13,18,23-25H,14-17H2. The van der Waals surface area contributed by atoms with E-state index in [2.05, 4.69) is 100 Å². The van der Waals surface area contributed by atoms with Crippen LogP contribution in [0.3, 0.4) is 0 Å². The Hall–Kier alpha value is -2.78. The molecule has 0 aliphatic carbocycles. The molecule has 132 valence electrons. The van der Waals surface area contributed by atoms with Crippen molar-refractivity contribution >= 4 is 11.4 Å². The van der Waals surface area contributed by atoms with Gasteiger partial charge in [-0.15, -0.1) is 0 Å². The van der Waals surface area contributed by atoms with E-state index in [1.54, 1.807) is 0 Å². The molecular weight excluding hydrogens is 318 g/mol. The molecule has 3 nitrogen and oxygen atoms in total. The van der Waals surface area contributed by atoms with Crippen LogP contribution in [0, 0.1) is 0 Å². The van der Waals surface area contributed by atoms with Gasteiger partial charge in [-0.05, 0) is 29.3 Å². The Kier molecular flexibility index (Phi) is 5.17. The summed E-state index contributed by atoms with van der Waals surface area (Å²) in [5.41, 5.74) is 4.98. The molecule has 3 heteroatoms. The smallest absolute Gasteiger partial charge is 0.0767 e. The zero-order chi connectivity index (χ0) is 17.6. The van der Waals surface area contributed by atoms with Gasteiger partial charge < -0.3 is 15.5 Å². The Morgan fingerprint density at radius 2 is 1.35 bits per heavy atom. The highest BCUT2D eigenvalue weighted by Crippen LogP contribution is 2.28. The summed E-state index contributed by atoms with van der Waals surface area (Å²) in [6, 6.07) is 30.2. The van der Waals surface area contributed by atoms with Crippen LogP contribution < -0.4 is 15.5 Å². The van der Waals surface area contributed by atoms with Crippen LogP contribution in [-0.2, 0) is 0 Å². The highest BCUT2D eigenvalue weighted by atomic mass is 15.2. The normalized spacial score (nSPS) is 14.4. The van der Waals surface area contributed by atoms with E-state index < -0.39 is 0 Å². The summed E-state index contributed by atoms with van der Waals surface area (Å²) in [5, 5.41) is 7.17. The van der Waals surface area contributed by atoms with Crippen molar-refractivity contribution in [3.05, 3.63) is 96.1 Å². The Balaban J connectivity index is 1.62. The Morgan fingerprint density at radius 1 is 0.731 bits per heavy atom. The van der Waals surface area contributed by atoms with E-state index in [9.17, 15) is 0 Å². The molecule has 1 heterocycles. The van der Waals surface area contributed by atoms with Crippen LogP contribution in [0.5, 0.6) is 0 Å². The maximum atomic E-state index is 3.75. The van der Waals surface area contributed by atoms with Crippen LogP contribution in [0.25, 0.3) is 0 Å².